The van der Waals surface area contributed by atoms with Crippen molar-refractivity contribution in [2.75, 3.05) is 12.3 Å². The number of carbonyl (C=O) groups excluding carboxylic acids is 1. The molecule has 24 heavy (non-hydrogen) atoms. The van der Waals surface area contributed by atoms with Crippen LogP contribution in [0.3, 0.4) is 0 Å². The minimum atomic E-state index is -0.0504. The summed E-state index contributed by atoms with van der Waals surface area (Å²) in [6.07, 6.45) is 4.55. The number of nitrogens with one attached hydrogen (secondary N) is 1. The van der Waals surface area contributed by atoms with Crippen molar-refractivity contribution in [2.45, 2.75) is 51.2 Å². The smallest absolute Gasteiger partial charge is 0.262 e. The van der Waals surface area contributed by atoms with Gasteiger partial charge in [0.25, 0.3) is 5.56 Å². The average molecular weight is 347 g/mol. The number of benzene rings is 1. The molecule has 0 saturated carbocycles. The molecule has 2 rings (SSSR count). The number of amides is 1. The zero-order valence-corrected chi connectivity index (χ0v) is 15.2. The third kappa shape index (κ3) is 4.84. The molecule has 0 radical (unpaired) electrons. The van der Waals surface area contributed by atoms with Gasteiger partial charge in [0, 0.05) is 13.1 Å². The molecule has 0 aliphatic heterocycles. The Labute approximate surface area is 146 Å². The second-order valence-corrected chi connectivity index (χ2v) is 6.60. The van der Waals surface area contributed by atoms with Gasteiger partial charge in [0.1, 0.15) is 0 Å². The summed E-state index contributed by atoms with van der Waals surface area (Å²) in [5.74, 6) is 0.264. The number of para-hydroxylation sites is 1. The van der Waals surface area contributed by atoms with Crippen LogP contribution in [0, 0.1) is 0 Å². The van der Waals surface area contributed by atoms with Gasteiger partial charge in [-0.3, -0.25) is 14.2 Å². The molecule has 0 bridgehead atoms. The minimum Gasteiger partial charge on any atom is -0.355 e. The van der Waals surface area contributed by atoms with E-state index in [2.05, 4.69) is 17.2 Å². The van der Waals surface area contributed by atoms with E-state index in [0.717, 1.165) is 12.8 Å². The first-order valence-corrected chi connectivity index (χ1v) is 9.55. The Bertz CT molecular complexity index is 743. The Morgan fingerprint density at radius 1 is 1.21 bits per heavy atom. The molecule has 1 aromatic heterocycles. The highest BCUT2D eigenvalue weighted by atomic mass is 32.2. The van der Waals surface area contributed by atoms with Crippen molar-refractivity contribution in [3.8, 4) is 0 Å². The number of aromatic nitrogens is 2. The first-order valence-electron chi connectivity index (χ1n) is 8.56. The van der Waals surface area contributed by atoms with Gasteiger partial charge in [-0.1, -0.05) is 50.1 Å². The van der Waals surface area contributed by atoms with Crippen LogP contribution in [0.1, 0.15) is 39.5 Å². The van der Waals surface area contributed by atoms with Gasteiger partial charge < -0.3 is 5.32 Å². The lowest BCUT2D eigenvalue weighted by Crippen LogP contribution is -2.27. The van der Waals surface area contributed by atoms with Crippen LogP contribution in [-0.4, -0.2) is 27.8 Å². The fraction of sp³-hybridized carbons (Fsp3) is 0.500. The van der Waals surface area contributed by atoms with Gasteiger partial charge in [-0.25, -0.2) is 4.98 Å². The Balaban J connectivity index is 1.99. The molecular weight excluding hydrogens is 322 g/mol. The van der Waals surface area contributed by atoms with Crippen molar-refractivity contribution >= 4 is 28.6 Å². The van der Waals surface area contributed by atoms with Gasteiger partial charge >= 0.3 is 0 Å². The third-order valence-corrected chi connectivity index (χ3v) is 4.80. The zero-order chi connectivity index (χ0) is 17.4. The van der Waals surface area contributed by atoms with E-state index in [4.69, 9.17) is 0 Å². The van der Waals surface area contributed by atoms with E-state index in [1.165, 1.54) is 24.6 Å². The van der Waals surface area contributed by atoms with Crippen LogP contribution in [0.5, 0.6) is 0 Å². The topological polar surface area (TPSA) is 64.0 Å². The van der Waals surface area contributed by atoms with Crippen molar-refractivity contribution in [1.29, 1.82) is 0 Å². The van der Waals surface area contributed by atoms with Crippen molar-refractivity contribution < 1.29 is 4.79 Å². The number of hydrogen-bond donors (Lipinski definition) is 1. The van der Waals surface area contributed by atoms with E-state index < -0.39 is 0 Å². The second-order valence-electron chi connectivity index (χ2n) is 5.66. The molecule has 1 heterocycles. The molecular formula is C18H25N3O2S. The molecule has 0 aliphatic rings. The van der Waals surface area contributed by atoms with E-state index >= 15 is 0 Å². The normalized spacial score (nSPS) is 10.9. The molecule has 2 aromatic rings. The van der Waals surface area contributed by atoms with Crippen LogP contribution in [-0.2, 0) is 11.3 Å². The molecule has 0 aliphatic carbocycles. The molecule has 0 spiro atoms. The summed E-state index contributed by atoms with van der Waals surface area (Å²) in [5, 5.41) is 4.14. The summed E-state index contributed by atoms with van der Waals surface area (Å²) in [4.78, 5) is 29.0. The Kier molecular flexibility index (Phi) is 7.31. The molecule has 1 N–H and O–H groups in total. The van der Waals surface area contributed by atoms with Crippen molar-refractivity contribution in [1.82, 2.24) is 14.9 Å². The summed E-state index contributed by atoms with van der Waals surface area (Å²) in [6.45, 7) is 5.33. The number of hydrogen-bond acceptors (Lipinski definition) is 4. The van der Waals surface area contributed by atoms with E-state index in [1.54, 1.807) is 10.6 Å². The molecule has 0 atom stereocenters. The van der Waals surface area contributed by atoms with Crippen molar-refractivity contribution in [3.63, 3.8) is 0 Å². The molecule has 1 amide bonds. The van der Waals surface area contributed by atoms with Gasteiger partial charge in [-0.15, -0.1) is 0 Å². The van der Waals surface area contributed by atoms with Crippen molar-refractivity contribution in [3.05, 3.63) is 34.6 Å². The van der Waals surface area contributed by atoms with E-state index in [-0.39, 0.29) is 17.2 Å². The lowest BCUT2D eigenvalue weighted by Gasteiger charge is -2.11. The van der Waals surface area contributed by atoms with Crippen LogP contribution < -0.4 is 10.9 Å². The summed E-state index contributed by atoms with van der Waals surface area (Å²) >= 11 is 1.32. The molecule has 0 fully saturated rings. The molecule has 6 heteroatoms. The lowest BCUT2D eigenvalue weighted by atomic mass is 10.2. The Morgan fingerprint density at radius 3 is 2.75 bits per heavy atom. The number of fused-ring (bicyclic) bond motifs is 1. The van der Waals surface area contributed by atoms with Crippen LogP contribution in [0.15, 0.2) is 34.2 Å². The lowest BCUT2D eigenvalue weighted by molar-refractivity contribution is -0.118. The average Bonchev–Trinajstić information content (AvgIpc) is 2.60. The van der Waals surface area contributed by atoms with Crippen LogP contribution in [0.2, 0.25) is 0 Å². The first-order chi connectivity index (χ1) is 11.7. The first kappa shape index (κ1) is 18.5. The van der Waals surface area contributed by atoms with E-state index in [1.807, 2.05) is 25.1 Å². The maximum Gasteiger partial charge on any atom is 0.262 e. The standard InChI is InChI=1S/C18H25N3O2S/c1-3-5-6-9-12-19-16(22)13-24-18-20-15-11-8-7-10-14(15)17(23)21(18)4-2/h7-8,10-11H,3-6,9,12-13H2,1-2H3,(H,19,22). The Morgan fingerprint density at radius 2 is 2.00 bits per heavy atom. The van der Waals surface area contributed by atoms with E-state index in [0.29, 0.717) is 29.1 Å². The van der Waals surface area contributed by atoms with Crippen LogP contribution in [0.4, 0.5) is 0 Å². The minimum absolute atomic E-state index is 0.0124. The monoisotopic (exact) mass is 347 g/mol. The highest BCUT2D eigenvalue weighted by Gasteiger charge is 2.11. The summed E-state index contributed by atoms with van der Waals surface area (Å²) in [5.41, 5.74) is 0.625. The quantitative estimate of drug-likeness (QED) is 0.430. The summed E-state index contributed by atoms with van der Waals surface area (Å²) < 4.78 is 1.63. The fourth-order valence-corrected chi connectivity index (χ4v) is 3.39. The number of unbranched alkanes of at least 4 members (excludes halogenated alkanes) is 3. The predicted octanol–water partition coefficient (Wildman–Crippen LogP) is 3.21. The Hall–Kier alpha value is -1.82. The predicted molar refractivity (Wildman–Crippen MR) is 99.6 cm³/mol. The number of carbonyl (C=O) groups is 1. The van der Waals surface area contributed by atoms with Crippen LogP contribution in [0.25, 0.3) is 10.9 Å². The fourth-order valence-electron chi connectivity index (χ4n) is 2.50. The van der Waals surface area contributed by atoms with Gasteiger partial charge in [-0.05, 0) is 25.5 Å². The number of rotatable bonds is 9. The van der Waals surface area contributed by atoms with Gasteiger partial charge in [0.2, 0.25) is 5.91 Å². The molecule has 1 aromatic carbocycles. The summed E-state index contributed by atoms with van der Waals surface area (Å²) in [6, 6.07) is 7.32. The van der Waals surface area contributed by atoms with Gasteiger partial charge in [0.15, 0.2) is 5.16 Å². The SMILES string of the molecule is CCCCCCNC(=O)CSc1nc2ccccc2c(=O)n1CC. The molecule has 130 valence electrons. The maximum absolute atomic E-state index is 12.5. The zero-order valence-electron chi connectivity index (χ0n) is 14.4. The maximum atomic E-state index is 12.5. The largest absolute Gasteiger partial charge is 0.355 e. The van der Waals surface area contributed by atoms with E-state index in [9.17, 15) is 9.59 Å². The molecule has 0 saturated heterocycles. The number of thioether (sulfide) groups is 1. The van der Waals surface area contributed by atoms with Crippen LogP contribution >= 0.6 is 11.8 Å². The van der Waals surface area contributed by atoms with Gasteiger partial charge in [0.05, 0.1) is 16.7 Å². The van der Waals surface area contributed by atoms with Gasteiger partial charge in [-0.2, -0.15) is 0 Å². The third-order valence-electron chi connectivity index (χ3n) is 3.83. The second kappa shape index (κ2) is 9.47. The highest BCUT2D eigenvalue weighted by molar-refractivity contribution is 7.99. The highest BCUT2D eigenvalue weighted by Crippen LogP contribution is 2.17. The summed E-state index contributed by atoms with van der Waals surface area (Å²) in [7, 11) is 0. The van der Waals surface area contributed by atoms with Crippen molar-refractivity contribution in [2.24, 2.45) is 0 Å². The number of nitrogens with zero attached hydrogens (tertiary/aromatic N) is 2. The molecule has 0 unspecified atom stereocenters. The molecule has 5 nitrogen and oxygen atoms in total.